The van der Waals surface area contributed by atoms with Crippen LogP contribution in [0.2, 0.25) is 0 Å². The molecule has 2 aromatic carbocycles. The van der Waals surface area contributed by atoms with Crippen molar-refractivity contribution in [2.45, 2.75) is 18.2 Å². The highest BCUT2D eigenvalue weighted by molar-refractivity contribution is 6.00. The summed E-state index contributed by atoms with van der Waals surface area (Å²) in [5, 5.41) is 13.3. The van der Waals surface area contributed by atoms with E-state index >= 15 is 0 Å². The first kappa shape index (κ1) is 21.7. The average molecular weight is 441 g/mol. The van der Waals surface area contributed by atoms with E-state index in [4.69, 9.17) is 4.74 Å². The Labute approximate surface area is 183 Å². The minimum absolute atomic E-state index is 0.0811. The molecule has 32 heavy (non-hydrogen) atoms. The number of amides is 3. The molecule has 2 atom stereocenters. The Morgan fingerprint density at radius 2 is 1.81 bits per heavy atom. The smallest absolute Gasteiger partial charge is 0.327 e. The summed E-state index contributed by atoms with van der Waals surface area (Å²) < 4.78 is 35.1. The highest BCUT2D eigenvalue weighted by Crippen LogP contribution is 2.37. The largest absolute Gasteiger partial charge is 0.382 e. The van der Waals surface area contributed by atoms with Gasteiger partial charge in [0.05, 0.1) is 6.61 Å². The van der Waals surface area contributed by atoms with Gasteiger partial charge < -0.3 is 20.1 Å². The second-order valence-corrected chi connectivity index (χ2v) is 7.61. The second-order valence-electron chi connectivity index (χ2n) is 7.61. The van der Waals surface area contributed by atoms with Crippen LogP contribution in [0.15, 0.2) is 42.5 Å². The average Bonchev–Trinajstić information content (AvgIpc) is 2.76. The quantitative estimate of drug-likeness (QED) is 0.713. The van der Waals surface area contributed by atoms with Crippen LogP contribution in [0.4, 0.5) is 19.3 Å². The van der Waals surface area contributed by atoms with Crippen molar-refractivity contribution in [1.29, 1.82) is 0 Å². The number of methoxy groups -OCH3 is 1. The van der Waals surface area contributed by atoms with Crippen LogP contribution in [-0.4, -0.2) is 60.5 Å². The summed E-state index contributed by atoms with van der Waals surface area (Å²) in [7, 11) is 1.37. The van der Waals surface area contributed by atoms with Gasteiger partial charge in [-0.1, -0.05) is 30.0 Å². The Morgan fingerprint density at radius 3 is 2.47 bits per heavy atom. The second kappa shape index (κ2) is 8.57. The minimum atomic E-state index is -1.64. The van der Waals surface area contributed by atoms with Crippen molar-refractivity contribution < 1.29 is 28.2 Å². The molecule has 2 unspecified atom stereocenters. The predicted molar refractivity (Wildman–Crippen MR) is 112 cm³/mol. The lowest BCUT2D eigenvalue weighted by atomic mass is 9.87. The fourth-order valence-electron chi connectivity index (χ4n) is 4.13. The van der Waals surface area contributed by atoms with Crippen LogP contribution in [0.1, 0.15) is 17.5 Å². The number of carbonyl (C=O) groups is 2. The van der Waals surface area contributed by atoms with Gasteiger partial charge in [-0.25, -0.2) is 13.6 Å². The number of halogens is 2. The summed E-state index contributed by atoms with van der Waals surface area (Å²) in [6.07, 6.45) is -1.91. The van der Waals surface area contributed by atoms with Crippen molar-refractivity contribution in [3.05, 3.63) is 65.2 Å². The minimum Gasteiger partial charge on any atom is -0.382 e. The number of fused-ring (bicyclic) bond motifs is 1. The van der Waals surface area contributed by atoms with Crippen molar-refractivity contribution in [2.75, 3.05) is 31.7 Å². The first-order chi connectivity index (χ1) is 15.4. The van der Waals surface area contributed by atoms with Crippen LogP contribution in [0.5, 0.6) is 0 Å². The van der Waals surface area contributed by atoms with Crippen molar-refractivity contribution in [2.24, 2.45) is 0 Å². The fraction of sp³-hybridized carbons (Fsp3) is 0.304. The number of aliphatic hydroxyl groups is 1. The number of ether oxygens (including phenoxy) is 1. The zero-order valence-corrected chi connectivity index (χ0v) is 17.3. The molecule has 2 aliphatic heterocycles. The molecule has 2 aliphatic rings. The van der Waals surface area contributed by atoms with Crippen molar-refractivity contribution in [3.8, 4) is 11.8 Å². The molecule has 0 radical (unpaired) electrons. The van der Waals surface area contributed by atoms with Gasteiger partial charge in [-0.3, -0.25) is 9.69 Å². The lowest BCUT2D eigenvalue weighted by Crippen LogP contribution is -2.75. The van der Waals surface area contributed by atoms with Gasteiger partial charge in [0.25, 0.3) is 0 Å². The molecule has 2 heterocycles. The molecule has 0 bridgehead atoms. The number of nitrogens with zero attached hydrogens (tertiary/aromatic N) is 2. The highest BCUT2D eigenvalue weighted by Gasteiger charge is 2.56. The topological polar surface area (TPSA) is 82.1 Å². The van der Waals surface area contributed by atoms with Gasteiger partial charge in [0.15, 0.2) is 17.2 Å². The van der Waals surface area contributed by atoms with E-state index in [2.05, 4.69) is 17.2 Å². The first-order valence-electron chi connectivity index (χ1n) is 9.99. The third kappa shape index (κ3) is 3.68. The van der Waals surface area contributed by atoms with E-state index in [0.29, 0.717) is 10.5 Å². The molecular weight excluding hydrogens is 420 g/mol. The Hall–Kier alpha value is -3.48. The Kier molecular flexibility index (Phi) is 5.82. The summed E-state index contributed by atoms with van der Waals surface area (Å²) >= 11 is 0. The fourth-order valence-corrected chi connectivity index (χ4v) is 4.13. The van der Waals surface area contributed by atoms with Crippen LogP contribution in [0.25, 0.3) is 0 Å². The number of carbonyl (C=O) groups excluding carboxylic acids is 2. The van der Waals surface area contributed by atoms with Crippen LogP contribution in [0, 0.1) is 23.5 Å². The molecule has 7 nitrogen and oxygen atoms in total. The number of nitrogens with one attached hydrogen (secondary N) is 1. The van der Waals surface area contributed by atoms with Crippen molar-refractivity contribution in [1.82, 2.24) is 10.2 Å². The zero-order valence-electron chi connectivity index (χ0n) is 17.3. The maximum atomic E-state index is 15.0. The summed E-state index contributed by atoms with van der Waals surface area (Å²) in [4.78, 5) is 27.6. The Balaban J connectivity index is 1.69. The summed E-state index contributed by atoms with van der Waals surface area (Å²) in [5.74, 6) is 2.93. The normalized spacial score (nSPS) is 22.7. The third-order valence-corrected chi connectivity index (χ3v) is 5.58. The van der Waals surface area contributed by atoms with Gasteiger partial charge in [0, 0.05) is 37.7 Å². The number of benzene rings is 2. The van der Waals surface area contributed by atoms with E-state index in [0.717, 1.165) is 12.1 Å². The van der Waals surface area contributed by atoms with Crippen LogP contribution < -0.4 is 10.2 Å². The molecule has 0 aliphatic carbocycles. The monoisotopic (exact) mass is 441 g/mol. The molecule has 3 amide bonds. The van der Waals surface area contributed by atoms with E-state index in [1.165, 1.54) is 12.0 Å². The molecule has 0 saturated carbocycles. The molecule has 2 saturated heterocycles. The number of hydrogen-bond acceptors (Lipinski definition) is 4. The summed E-state index contributed by atoms with van der Waals surface area (Å²) in [6, 6.07) is 10.1. The third-order valence-electron chi connectivity index (χ3n) is 5.58. The van der Waals surface area contributed by atoms with Gasteiger partial charge in [-0.15, -0.1) is 0 Å². The standard InChI is InChI=1S/C23H21F2N3O4/c1-32-14-23-13-19(29)28(22(31)27(23)10-9-26-21(23)30)20-17(24)11-16(12-18(20)25)8-7-15-5-3-2-4-6-15/h2-6,11-12,19,29H,9-10,13-14H2,1H3,(H,26,30). The van der Waals surface area contributed by atoms with Gasteiger partial charge >= 0.3 is 6.03 Å². The van der Waals surface area contributed by atoms with Crippen LogP contribution in [0.3, 0.4) is 0 Å². The molecule has 166 valence electrons. The first-order valence-corrected chi connectivity index (χ1v) is 9.99. The maximum Gasteiger partial charge on any atom is 0.327 e. The highest BCUT2D eigenvalue weighted by atomic mass is 19.1. The molecule has 2 fully saturated rings. The zero-order chi connectivity index (χ0) is 22.9. The molecular formula is C23H21F2N3O4. The van der Waals surface area contributed by atoms with Crippen molar-refractivity contribution in [3.63, 3.8) is 0 Å². The lowest BCUT2D eigenvalue weighted by Gasteiger charge is -2.52. The predicted octanol–water partition coefficient (Wildman–Crippen LogP) is 1.83. The van der Waals surface area contributed by atoms with Gasteiger partial charge in [-0.05, 0) is 24.3 Å². The van der Waals surface area contributed by atoms with Gasteiger partial charge in [0.2, 0.25) is 5.91 Å². The van der Waals surface area contributed by atoms with E-state index in [-0.39, 0.29) is 31.7 Å². The van der Waals surface area contributed by atoms with E-state index < -0.39 is 41.0 Å². The van der Waals surface area contributed by atoms with Crippen LogP contribution >= 0.6 is 0 Å². The van der Waals surface area contributed by atoms with E-state index in [1.807, 2.05) is 6.07 Å². The van der Waals surface area contributed by atoms with E-state index in [1.54, 1.807) is 24.3 Å². The summed E-state index contributed by atoms with van der Waals surface area (Å²) in [6.45, 7) is 0.133. The SMILES string of the molecule is COCC12CC(O)N(c3c(F)cc(C#Cc4ccccc4)cc3F)C(=O)N1CCNC2=O. The Morgan fingerprint density at radius 1 is 1.16 bits per heavy atom. The number of aliphatic hydroxyl groups excluding tert-OH is 1. The molecule has 0 spiro atoms. The van der Waals surface area contributed by atoms with Crippen molar-refractivity contribution >= 4 is 17.6 Å². The number of rotatable bonds is 3. The van der Waals surface area contributed by atoms with Gasteiger partial charge in [-0.2, -0.15) is 0 Å². The summed E-state index contributed by atoms with van der Waals surface area (Å²) in [5.41, 5.74) is -1.38. The number of hydrogen-bond donors (Lipinski definition) is 2. The molecule has 9 heteroatoms. The molecule has 2 aromatic rings. The number of piperazine rings is 1. The lowest BCUT2D eigenvalue weighted by molar-refractivity contribution is -0.143. The van der Waals surface area contributed by atoms with Crippen LogP contribution in [-0.2, 0) is 9.53 Å². The molecule has 2 N–H and O–H groups in total. The number of urea groups is 1. The number of anilines is 1. The molecule has 4 rings (SSSR count). The maximum absolute atomic E-state index is 15.0. The molecule has 0 aromatic heterocycles. The Bertz CT molecular complexity index is 1090. The van der Waals surface area contributed by atoms with E-state index in [9.17, 15) is 23.5 Å². The van der Waals surface area contributed by atoms with Gasteiger partial charge in [0.1, 0.15) is 11.9 Å².